The molecule has 170 valence electrons. The maximum Gasteiger partial charge on any atom is 0.340 e. The van der Waals surface area contributed by atoms with Gasteiger partial charge in [0.2, 0.25) is 5.82 Å². The lowest BCUT2D eigenvalue weighted by molar-refractivity contribution is 0.474. The molecule has 0 spiro atoms. The number of fused-ring (bicyclic) bond motifs is 1. The van der Waals surface area contributed by atoms with Gasteiger partial charge in [0.05, 0.1) is 17.5 Å². The second kappa shape index (κ2) is 8.27. The number of hydrogen-bond acceptors (Lipinski definition) is 8. The molecule has 11 heteroatoms. The molecule has 0 unspecified atom stereocenters. The summed E-state index contributed by atoms with van der Waals surface area (Å²) in [5.41, 5.74) is 2.19. The summed E-state index contributed by atoms with van der Waals surface area (Å²) < 4.78 is 47.9. The highest BCUT2D eigenvalue weighted by Gasteiger charge is 2.28. The summed E-state index contributed by atoms with van der Waals surface area (Å²) >= 11 is 0. The Hall–Kier alpha value is -4.25. The van der Waals surface area contributed by atoms with Gasteiger partial charge < -0.3 is 4.18 Å². The largest absolute Gasteiger partial charge is 0.356 e. The van der Waals surface area contributed by atoms with Gasteiger partial charge >= 0.3 is 10.1 Å². The molecule has 0 saturated heterocycles. The second-order valence-corrected chi connectivity index (χ2v) is 9.02. The Morgan fingerprint density at radius 2 is 1.74 bits per heavy atom. The van der Waals surface area contributed by atoms with Gasteiger partial charge in [0.1, 0.15) is 21.9 Å². The maximum absolute atomic E-state index is 14.9. The number of hydrogen-bond donors (Lipinski definition) is 0. The Balaban J connectivity index is 1.79. The minimum atomic E-state index is -4.28. The molecule has 0 bridgehead atoms. The highest BCUT2D eigenvalue weighted by atomic mass is 32.2. The lowest BCUT2D eigenvalue weighted by Gasteiger charge is -2.08. The van der Waals surface area contributed by atoms with Gasteiger partial charge in [0, 0.05) is 18.0 Å². The minimum Gasteiger partial charge on any atom is -0.356 e. The molecule has 2 aromatic carbocycles. The Morgan fingerprint density at radius 3 is 2.44 bits per heavy atom. The quantitative estimate of drug-likeness (QED) is 0.352. The van der Waals surface area contributed by atoms with Crippen molar-refractivity contribution in [2.75, 3.05) is 0 Å². The van der Waals surface area contributed by atoms with E-state index in [0.29, 0.717) is 16.9 Å². The summed E-state index contributed by atoms with van der Waals surface area (Å²) in [6, 6.07) is 12.1. The highest BCUT2D eigenvalue weighted by molar-refractivity contribution is 7.87. The zero-order valence-corrected chi connectivity index (χ0v) is 18.9. The van der Waals surface area contributed by atoms with Crippen molar-refractivity contribution < 1.29 is 17.0 Å². The minimum absolute atomic E-state index is 0.0586. The fraction of sp³-hybridized carbons (Fsp3) is 0.0870. The standard InChI is InChI=1S/C23H17FN6O3S/c1-14-7-9-16(10-8-14)34(31,32)33-23-20(17-5-3-4-6-18(17)24)21-15(2)27-28-22(30(21)29-23)19-13-25-11-12-26-19/h3-13H,1-2H3. The third-order valence-corrected chi connectivity index (χ3v) is 6.35. The van der Waals surface area contributed by atoms with Crippen LogP contribution in [0.4, 0.5) is 4.39 Å². The first-order valence-electron chi connectivity index (χ1n) is 10.1. The lowest BCUT2D eigenvalue weighted by atomic mass is 10.1. The second-order valence-electron chi connectivity index (χ2n) is 7.47. The smallest absolute Gasteiger partial charge is 0.340 e. The molecule has 0 aliphatic carbocycles. The third-order valence-electron chi connectivity index (χ3n) is 5.13. The molecule has 34 heavy (non-hydrogen) atoms. The molecule has 3 aromatic heterocycles. The first-order chi connectivity index (χ1) is 16.3. The molecule has 9 nitrogen and oxygen atoms in total. The van der Waals surface area contributed by atoms with E-state index in [1.54, 1.807) is 25.1 Å². The van der Waals surface area contributed by atoms with Crippen LogP contribution in [0.5, 0.6) is 5.88 Å². The van der Waals surface area contributed by atoms with Gasteiger partial charge in [-0.3, -0.25) is 4.98 Å². The Kier molecular flexibility index (Phi) is 5.25. The Labute approximate surface area is 194 Å². The van der Waals surface area contributed by atoms with Crippen LogP contribution >= 0.6 is 0 Å². The van der Waals surface area contributed by atoms with Gasteiger partial charge in [-0.2, -0.15) is 13.5 Å². The van der Waals surface area contributed by atoms with E-state index in [0.717, 1.165) is 5.56 Å². The number of aryl methyl sites for hydroxylation is 2. The van der Waals surface area contributed by atoms with Gasteiger partial charge in [-0.15, -0.1) is 10.2 Å². The topological polar surface area (TPSA) is 112 Å². The summed E-state index contributed by atoms with van der Waals surface area (Å²) in [6.07, 6.45) is 4.44. The van der Waals surface area contributed by atoms with Crippen LogP contribution in [-0.4, -0.2) is 38.2 Å². The predicted octanol–water partition coefficient (Wildman–Crippen LogP) is 3.77. The van der Waals surface area contributed by atoms with E-state index in [4.69, 9.17) is 4.18 Å². The van der Waals surface area contributed by atoms with Gasteiger partial charge in [-0.25, -0.2) is 13.9 Å². The van der Waals surface area contributed by atoms with E-state index in [-0.39, 0.29) is 27.7 Å². The van der Waals surface area contributed by atoms with Gasteiger partial charge in [0.15, 0.2) is 0 Å². The maximum atomic E-state index is 14.9. The van der Waals surface area contributed by atoms with Crippen molar-refractivity contribution in [3.05, 3.63) is 84.2 Å². The average molecular weight is 476 g/mol. The van der Waals surface area contributed by atoms with Crippen LogP contribution in [0.1, 0.15) is 11.3 Å². The van der Waals surface area contributed by atoms with Gasteiger partial charge in [-0.1, -0.05) is 35.9 Å². The number of rotatable bonds is 5. The zero-order valence-electron chi connectivity index (χ0n) is 18.0. The molecule has 3 heterocycles. The molecule has 0 amide bonds. The Bertz CT molecular complexity index is 1620. The summed E-state index contributed by atoms with van der Waals surface area (Å²) in [4.78, 5) is 8.21. The van der Waals surface area contributed by atoms with E-state index in [2.05, 4.69) is 25.3 Å². The van der Waals surface area contributed by atoms with E-state index in [1.165, 1.54) is 53.4 Å². The SMILES string of the molecule is Cc1ccc(S(=O)(=O)Oc2nn3c(-c4cnccn4)nnc(C)c3c2-c2ccccc2F)cc1. The van der Waals surface area contributed by atoms with Crippen molar-refractivity contribution in [3.8, 4) is 28.5 Å². The normalized spacial score (nSPS) is 11.6. The van der Waals surface area contributed by atoms with Gasteiger partial charge in [-0.05, 0) is 32.0 Å². The predicted molar refractivity (Wildman–Crippen MR) is 121 cm³/mol. The number of halogens is 1. The summed E-state index contributed by atoms with van der Waals surface area (Å²) in [7, 11) is -4.28. The van der Waals surface area contributed by atoms with Crippen molar-refractivity contribution in [2.24, 2.45) is 0 Å². The molecule has 0 fully saturated rings. The number of benzene rings is 2. The first kappa shape index (κ1) is 21.6. The molecule has 0 aliphatic heterocycles. The molecular formula is C23H17FN6O3S. The van der Waals surface area contributed by atoms with Crippen molar-refractivity contribution in [2.45, 2.75) is 18.7 Å². The molecular weight excluding hydrogens is 459 g/mol. The molecule has 0 atom stereocenters. The Morgan fingerprint density at radius 1 is 0.971 bits per heavy atom. The fourth-order valence-electron chi connectivity index (χ4n) is 3.49. The van der Waals surface area contributed by atoms with Crippen LogP contribution in [-0.2, 0) is 10.1 Å². The summed E-state index contributed by atoms with van der Waals surface area (Å²) in [5, 5.41) is 12.7. The van der Waals surface area contributed by atoms with Crippen LogP contribution in [0.25, 0.3) is 28.2 Å². The third kappa shape index (κ3) is 3.75. The van der Waals surface area contributed by atoms with E-state index >= 15 is 0 Å². The molecule has 0 aliphatic rings. The van der Waals surface area contributed by atoms with Crippen molar-refractivity contribution in [1.29, 1.82) is 0 Å². The van der Waals surface area contributed by atoms with Crippen LogP contribution < -0.4 is 4.18 Å². The summed E-state index contributed by atoms with van der Waals surface area (Å²) in [6.45, 7) is 3.50. The van der Waals surface area contributed by atoms with Crippen molar-refractivity contribution in [1.82, 2.24) is 29.8 Å². The average Bonchev–Trinajstić information content (AvgIpc) is 3.19. The van der Waals surface area contributed by atoms with Crippen LogP contribution in [0.15, 0.2) is 72.0 Å². The monoisotopic (exact) mass is 476 g/mol. The lowest BCUT2D eigenvalue weighted by Crippen LogP contribution is -2.11. The van der Waals surface area contributed by atoms with Crippen molar-refractivity contribution >= 4 is 15.6 Å². The van der Waals surface area contributed by atoms with Gasteiger partial charge in [0.25, 0.3) is 5.88 Å². The number of nitrogens with zero attached hydrogens (tertiary/aromatic N) is 6. The van der Waals surface area contributed by atoms with Crippen molar-refractivity contribution in [3.63, 3.8) is 0 Å². The molecule has 5 rings (SSSR count). The van der Waals surface area contributed by atoms with E-state index in [1.807, 2.05) is 6.92 Å². The zero-order chi connectivity index (χ0) is 23.9. The first-order valence-corrected chi connectivity index (χ1v) is 11.5. The van der Waals surface area contributed by atoms with Crippen LogP contribution in [0.2, 0.25) is 0 Å². The van der Waals surface area contributed by atoms with E-state index in [9.17, 15) is 12.8 Å². The molecule has 5 aromatic rings. The summed E-state index contributed by atoms with van der Waals surface area (Å²) in [5.74, 6) is -0.699. The van der Waals surface area contributed by atoms with E-state index < -0.39 is 15.9 Å². The van der Waals surface area contributed by atoms with Crippen LogP contribution in [0.3, 0.4) is 0 Å². The molecule has 0 N–H and O–H groups in total. The molecule has 0 radical (unpaired) electrons. The van der Waals surface area contributed by atoms with Crippen LogP contribution in [0, 0.1) is 19.7 Å². The highest BCUT2D eigenvalue weighted by Crippen LogP contribution is 2.38. The fourth-order valence-corrected chi connectivity index (χ4v) is 4.38. The number of aromatic nitrogens is 6. The molecule has 0 saturated carbocycles.